The Kier molecular flexibility index (Phi) is 2.79. The van der Waals surface area contributed by atoms with Crippen LogP contribution in [-0.4, -0.2) is 25.3 Å². The molecule has 3 aliphatic rings. The summed E-state index contributed by atoms with van der Waals surface area (Å²) in [6, 6.07) is 0.687. The molecule has 1 aliphatic heterocycles. The number of fused-ring (bicyclic) bond motifs is 1. The van der Waals surface area contributed by atoms with Crippen molar-refractivity contribution in [1.29, 1.82) is 0 Å². The lowest BCUT2D eigenvalue weighted by Crippen LogP contribution is -2.66. The van der Waals surface area contributed by atoms with Crippen LogP contribution in [0.5, 0.6) is 0 Å². The Morgan fingerprint density at radius 3 is 2.59 bits per heavy atom. The molecular weight excluding hydrogens is 210 g/mol. The Bertz CT molecular complexity index is 293. The lowest BCUT2D eigenvalue weighted by molar-refractivity contribution is -0.114. The van der Waals surface area contributed by atoms with Crippen LogP contribution < -0.4 is 5.32 Å². The molecule has 2 aliphatic carbocycles. The predicted octanol–water partition coefficient (Wildman–Crippen LogP) is 2.97. The molecule has 0 aromatic rings. The van der Waals surface area contributed by atoms with Gasteiger partial charge in [0, 0.05) is 30.5 Å². The molecule has 2 heteroatoms. The van der Waals surface area contributed by atoms with Crippen molar-refractivity contribution >= 4 is 0 Å². The summed E-state index contributed by atoms with van der Waals surface area (Å²) in [5, 5.41) is 3.88. The normalized spacial score (nSPS) is 42.2. The second-order valence-corrected chi connectivity index (χ2v) is 7.44. The molecule has 1 N–H and O–H groups in total. The topological polar surface area (TPSA) is 21.3 Å². The summed E-state index contributed by atoms with van der Waals surface area (Å²) in [4.78, 5) is 0. The van der Waals surface area contributed by atoms with Gasteiger partial charge in [-0.15, -0.1) is 0 Å². The van der Waals surface area contributed by atoms with Crippen LogP contribution in [-0.2, 0) is 4.74 Å². The van der Waals surface area contributed by atoms with E-state index in [4.69, 9.17) is 4.74 Å². The van der Waals surface area contributed by atoms with E-state index in [1.54, 1.807) is 0 Å². The molecule has 1 heterocycles. The van der Waals surface area contributed by atoms with Gasteiger partial charge in [-0.3, -0.25) is 0 Å². The summed E-state index contributed by atoms with van der Waals surface area (Å²) in [7, 11) is 0. The van der Waals surface area contributed by atoms with Crippen molar-refractivity contribution in [2.24, 2.45) is 16.7 Å². The maximum absolute atomic E-state index is 5.85. The van der Waals surface area contributed by atoms with Crippen molar-refractivity contribution in [1.82, 2.24) is 5.32 Å². The first-order valence-electron chi connectivity index (χ1n) is 7.38. The van der Waals surface area contributed by atoms with Gasteiger partial charge in [0.05, 0.1) is 6.10 Å². The molecule has 2 nitrogen and oxygen atoms in total. The molecule has 3 atom stereocenters. The Morgan fingerprint density at radius 1 is 1.18 bits per heavy atom. The van der Waals surface area contributed by atoms with E-state index in [0.717, 1.165) is 12.5 Å². The monoisotopic (exact) mass is 237 g/mol. The fraction of sp³-hybridized carbons (Fsp3) is 1.00. The van der Waals surface area contributed by atoms with Gasteiger partial charge >= 0.3 is 0 Å². The molecule has 0 radical (unpaired) electrons. The van der Waals surface area contributed by atoms with Gasteiger partial charge in [0.2, 0.25) is 0 Å². The zero-order chi connectivity index (χ0) is 12.1. The lowest BCUT2D eigenvalue weighted by Gasteiger charge is -2.55. The molecule has 2 saturated carbocycles. The Labute approximate surface area is 105 Å². The Balaban J connectivity index is 1.58. The van der Waals surface area contributed by atoms with Gasteiger partial charge in [-0.1, -0.05) is 33.6 Å². The molecule has 17 heavy (non-hydrogen) atoms. The van der Waals surface area contributed by atoms with Crippen LogP contribution in [0.15, 0.2) is 0 Å². The minimum Gasteiger partial charge on any atom is -0.377 e. The Hall–Kier alpha value is -0.0800. The van der Waals surface area contributed by atoms with Crippen LogP contribution in [0.25, 0.3) is 0 Å². The molecular formula is C15H27NO. The molecule has 3 fully saturated rings. The van der Waals surface area contributed by atoms with Crippen molar-refractivity contribution < 1.29 is 4.74 Å². The number of nitrogens with one attached hydrogen (secondary N) is 1. The summed E-state index contributed by atoms with van der Waals surface area (Å²) in [6.07, 6.45) is 7.48. The van der Waals surface area contributed by atoms with E-state index in [2.05, 4.69) is 26.1 Å². The highest BCUT2D eigenvalue weighted by atomic mass is 16.5. The van der Waals surface area contributed by atoms with Crippen molar-refractivity contribution in [2.75, 3.05) is 13.2 Å². The van der Waals surface area contributed by atoms with Crippen molar-refractivity contribution in [2.45, 2.75) is 65.0 Å². The maximum Gasteiger partial charge on any atom is 0.0685 e. The molecule has 1 saturated heterocycles. The third-order valence-electron chi connectivity index (χ3n) is 5.66. The molecule has 3 rings (SSSR count). The summed E-state index contributed by atoms with van der Waals surface area (Å²) >= 11 is 0. The smallest absolute Gasteiger partial charge is 0.0685 e. The van der Waals surface area contributed by atoms with E-state index in [1.165, 1.54) is 38.6 Å². The molecule has 98 valence electrons. The van der Waals surface area contributed by atoms with Crippen LogP contribution >= 0.6 is 0 Å². The number of rotatable bonds is 3. The predicted molar refractivity (Wildman–Crippen MR) is 70.0 cm³/mol. The first kappa shape index (κ1) is 12.0. The highest BCUT2D eigenvalue weighted by Crippen LogP contribution is 2.52. The molecule has 3 unspecified atom stereocenters. The van der Waals surface area contributed by atoms with E-state index in [0.29, 0.717) is 23.0 Å². The number of hydrogen-bond acceptors (Lipinski definition) is 2. The first-order valence-corrected chi connectivity index (χ1v) is 7.38. The SMILES string of the molecule is CC1(CNC2C3CCOC3C2(C)C)CCCC1. The van der Waals surface area contributed by atoms with Gasteiger partial charge in [0.1, 0.15) is 0 Å². The zero-order valence-corrected chi connectivity index (χ0v) is 11.6. The van der Waals surface area contributed by atoms with E-state index in [9.17, 15) is 0 Å². The van der Waals surface area contributed by atoms with Gasteiger partial charge < -0.3 is 10.1 Å². The minimum atomic E-state index is 0.343. The van der Waals surface area contributed by atoms with Crippen LogP contribution in [0.4, 0.5) is 0 Å². The quantitative estimate of drug-likeness (QED) is 0.815. The van der Waals surface area contributed by atoms with Crippen LogP contribution in [0.3, 0.4) is 0 Å². The summed E-state index contributed by atoms with van der Waals surface area (Å²) < 4.78 is 5.85. The van der Waals surface area contributed by atoms with E-state index >= 15 is 0 Å². The summed E-state index contributed by atoms with van der Waals surface area (Å²) in [5.41, 5.74) is 0.913. The molecule has 0 amide bonds. The number of hydrogen-bond donors (Lipinski definition) is 1. The third kappa shape index (κ3) is 1.84. The zero-order valence-electron chi connectivity index (χ0n) is 11.6. The minimum absolute atomic E-state index is 0.343. The summed E-state index contributed by atoms with van der Waals surface area (Å²) in [6.45, 7) is 9.39. The van der Waals surface area contributed by atoms with Crippen molar-refractivity contribution in [3.05, 3.63) is 0 Å². The summed E-state index contributed by atoms with van der Waals surface area (Å²) in [5.74, 6) is 0.787. The van der Waals surface area contributed by atoms with Gasteiger partial charge in [0.25, 0.3) is 0 Å². The van der Waals surface area contributed by atoms with Gasteiger partial charge in [0.15, 0.2) is 0 Å². The average molecular weight is 237 g/mol. The van der Waals surface area contributed by atoms with Crippen molar-refractivity contribution in [3.8, 4) is 0 Å². The van der Waals surface area contributed by atoms with Gasteiger partial charge in [-0.25, -0.2) is 0 Å². The second kappa shape index (κ2) is 3.96. The van der Waals surface area contributed by atoms with E-state index < -0.39 is 0 Å². The standard InChI is InChI=1S/C15H27NO/c1-14(2)12(11-6-9-17-13(11)14)16-10-15(3)7-4-5-8-15/h11-13,16H,4-10H2,1-3H3. The van der Waals surface area contributed by atoms with Gasteiger partial charge in [-0.05, 0) is 24.7 Å². The van der Waals surface area contributed by atoms with E-state index in [-0.39, 0.29) is 0 Å². The van der Waals surface area contributed by atoms with Gasteiger partial charge in [-0.2, -0.15) is 0 Å². The largest absolute Gasteiger partial charge is 0.377 e. The van der Waals surface area contributed by atoms with Crippen LogP contribution in [0.1, 0.15) is 52.9 Å². The molecule has 0 spiro atoms. The third-order valence-corrected chi connectivity index (χ3v) is 5.66. The number of ether oxygens (including phenoxy) is 1. The van der Waals surface area contributed by atoms with Crippen LogP contribution in [0.2, 0.25) is 0 Å². The highest BCUT2D eigenvalue weighted by molar-refractivity contribution is 5.11. The first-order chi connectivity index (χ1) is 8.03. The second-order valence-electron chi connectivity index (χ2n) is 7.44. The fourth-order valence-corrected chi connectivity index (χ4v) is 4.50. The average Bonchev–Trinajstić information content (AvgIpc) is 2.86. The molecule has 0 aromatic heterocycles. The van der Waals surface area contributed by atoms with Crippen molar-refractivity contribution in [3.63, 3.8) is 0 Å². The maximum atomic E-state index is 5.85. The van der Waals surface area contributed by atoms with Crippen LogP contribution in [0, 0.1) is 16.7 Å². The van der Waals surface area contributed by atoms with E-state index in [1.807, 2.05) is 0 Å². The Morgan fingerprint density at radius 2 is 1.88 bits per heavy atom. The lowest BCUT2D eigenvalue weighted by atomic mass is 9.57. The fourth-order valence-electron chi connectivity index (χ4n) is 4.50. The molecule has 0 aromatic carbocycles. The molecule has 0 bridgehead atoms. The highest BCUT2D eigenvalue weighted by Gasteiger charge is 2.59.